The number of guanidine groups is 1. The second kappa shape index (κ2) is 12.6. The number of halogens is 2. The van der Waals surface area contributed by atoms with E-state index in [1.807, 2.05) is 11.9 Å². The molecular weight excluding hydrogens is 376 g/mol. The van der Waals surface area contributed by atoms with Gasteiger partial charge in [-0.15, -0.1) is 0 Å². The van der Waals surface area contributed by atoms with E-state index in [1.165, 1.54) is 32.6 Å². The van der Waals surface area contributed by atoms with Crippen molar-refractivity contribution in [2.75, 3.05) is 59.9 Å². The van der Waals surface area contributed by atoms with Crippen molar-refractivity contribution in [3.05, 3.63) is 29.8 Å². The Morgan fingerprint density at radius 3 is 2.38 bits per heavy atom. The SMILES string of the molecule is CCN1CCN(CCCCNC(=NC)N(C)Cc2ccc(OC(F)F)cc2)CC1. The molecular formula is C21H35F2N5O. The van der Waals surface area contributed by atoms with Gasteiger partial charge >= 0.3 is 6.61 Å². The van der Waals surface area contributed by atoms with Crippen LogP contribution in [0.3, 0.4) is 0 Å². The van der Waals surface area contributed by atoms with E-state index < -0.39 is 6.61 Å². The summed E-state index contributed by atoms with van der Waals surface area (Å²) in [6, 6.07) is 6.71. The Morgan fingerprint density at radius 2 is 1.79 bits per heavy atom. The number of unbranched alkanes of at least 4 members (excludes halogenated alkanes) is 1. The number of rotatable bonds is 10. The van der Waals surface area contributed by atoms with E-state index in [0.717, 1.165) is 37.6 Å². The molecule has 164 valence electrons. The Hall–Kier alpha value is -1.93. The van der Waals surface area contributed by atoms with Crippen LogP contribution in [0.4, 0.5) is 8.78 Å². The lowest BCUT2D eigenvalue weighted by molar-refractivity contribution is -0.0498. The maximum absolute atomic E-state index is 12.2. The van der Waals surface area contributed by atoms with Gasteiger partial charge in [-0.05, 0) is 43.6 Å². The smallest absolute Gasteiger partial charge is 0.387 e. The van der Waals surface area contributed by atoms with E-state index in [2.05, 4.69) is 31.8 Å². The molecule has 1 fully saturated rings. The lowest BCUT2D eigenvalue weighted by Crippen LogP contribution is -2.46. The molecule has 1 heterocycles. The summed E-state index contributed by atoms with van der Waals surface area (Å²) < 4.78 is 28.9. The van der Waals surface area contributed by atoms with Crippen molar-refractivity contribution in [1.29, 1.82) is 0 Å². The van der Waals surface area contributed by atoms with Gasteiger partial charge in [0.2, 0.25) is 0 Å². The maximum Gasteiger partial charge on any atom is 0.387 e. The number of alkyl halides is 2. The van der Waals surface area contributed by atoms with Crippen molar-refractivity contribution in [1.82, 2.24) is 20.0 Å². The fourth-order valence-corrected chi connectivity index (χ4v) is 3.50. The lowest BCUT2D eigenvalue weighted by Gasteiger charge is -2.34. The van der Waals surface area contributed by atoms with Gasteiger partial charge in [0, 0.05) is 53.4 Å². The first kappa shape index (κ1) is 23.3. The van der Waals surface area contributed by atoms with Crippen LogP contribution in [-0.4, -0.2) is 87.2 Å². The normalized spacial score (nSPS) is 16.3. The molecule has 1 aromatic carbocycles. The third-order valence-electron chi connectivity index (χ3n) is 5.24. The Balaban J connectivity index is 1.65. The number of nitrogens with zero attached hydrogens (tertiary/aromatic N) is 4. The molecule has 1 saturated heterocycles. The molecule has 1 aliphatic heterocycles. The van der Waals surface area contributed by atoms with Gasteiger partial charge in [0.05, 0.1) is 0 Å². The third kappa shape index (κ3) is 8.53. The van der Waals surface area contributed by atoms with Gasteiger partial charge in [0.1, 0.15) is 5.75 Å². The summed E-state index contributed by atoms with van der Waals surface area (Å²) in [5.74, 6) is 1.000. The van der Waals surface area contributed by atoms with Gasteiger partial charge in [-0.2, -0.15) is 8.78 Å². The molecule has 0 spiro atoms. The molecule has 1 aromatic rings. The minimum Gasteiger partial charge on any atom is -0.435 e. The summed E-state index contributed by atoms with van der Waals surface area (Å²) in [6.07, 6.45) is 2.27. The maximum atomic E-state index is 12.2. The molecule has 0 bridgehead atoms. The molecule has 1 aliphatic rings. The number of aliphatic imine (C=N–C) groups is 1. The zero-order chi connectivity index (χ0) is 21.1. The number of ether oxygens (including phenoxy) is 1. The highest BCUT2D eigenvalue weighted by atomic mass is 19.3. The number of likely N-dealkylation sites (N-methyl/N-ethyl adjacent to an activating group) is 1. The first-order valence-electron chi connectivity index (χ1n) is 10.4. The number of benzene rings is 1. The monoisotopic (exact) mass is 411 g/mol. The number of nitrogens with one attached hydrogen (secondary N) is 1. The number of hydrogen-bond donors (Lipinski definition) is 1. The highest BCUT2D eigenvalue weighted by molar-refractivity contribution is 5.79. The van der Waals surface area contributed by atoms with Crippen LogP contribution in [0.1, 0.15) is 25.3 Å². The Bertz CT molecular complexity index is 604. The molecule has 6 nitrogen and oxygen atoms in total. The molecule has 0 aromatic heterocycles. The van der Waals surface area contributed by atoms with Crippen LogP contribution in [0.5, 0.6) is 5.75 Å². The summed E-state index contributed by atoms with van der Waals surface area (Å²) in [4.78, 5) is 11.4. The molecule has 0 aliphatic carbocycles. The van der Waals surface area contributed by atoms with Crippen molar-refractivity contribution < 1.29 is 13.5 Å². The van der Waals surface area contributed by atoms with Crippen LogP contribution in [0, 0.1) is 0 Å². The van der Waals surface area contributed by atoms with Gasteiger partial charge < -0.3 is 24.8 Å². The van der Waals surface area contributed by atoms with Crippen LogP contribution >= 0.6 is 0 Å². The van der Waals surface area contributed by atoms with Crippen LogP contribution in [-0.2, 0) is 6.54 Å². The van der Waals surface area contributed by atoms with Crippen molar-refractivity contribution in [3.63, 3.8) is 0 Å². The minimum absolute atomic E-state index is 0.171. The van der Waals surface area contributed by atoms with E-state index >= 15 is 0 Å². The van der Waals surface area contributed by atoms with Gasteiger partial charge in [-0.3, -0.25) is 4.99 Å². The fraction of sp³-hybridized carbons (Fsp3) is 0.667. The van der Waals surface area contributed by atoms with Gasteiger partial charge in [-0.1, -0.05) is 19.1 Å². The summed E-state index contributed by atoms with van der Waals surface area (Å²) in [7, 11) is 3.73. The molecule has 29 heavy (non-hydrogen) atoms. The van der Waals surface area contributed by atoms with Gasteiger partial charge in [-0.25, -0.2) is 0 Å². The fourth-order valence-electron chi connectivity index (χ4n) is 3.50. The molecule has 2 rings (SSSR count). The summed E-state index contributed by atoms with van der Waals surface area (Å²) in [5.41, 5.74) is 1.00. The number of hydrogen-bond acceptors (Lipinski definition) is 4. The summed E-state index contributed by atoms with van der Waals surface area (Å²) >= 11 is 0. The van der Waals surface area contributed by atoms with Gasteiger partial charge in [0.15, 0.2) is 5.96 Å². The Kier molecular flexibility index (Phi) is 10.1. The van der Waals surface area contributed by atoms with Gasteiger partial charge in [0.25, 0.3) is 0 Å². The zero-order valence-electron chi connectivity index (χ0n) is 17.9. The second-order valence-corrected chi connectivity index (χ2v) is 7.34. The van der Waals surface area contributed by atoms with E-state index in [9.17, 15) is 8.78 Å². The molecule has 0 radical (unpaired) electrons. The predicted molar refractivity (Wildman–Crippen MR) is 114 cm³/mol. The lowest BCUT2D eigenvalue weighted by atomic mass is 10.2. The quantitative estimate of drug-likeness (QED) is 0.364. The topological polar surface area (TPSA) is 43.3 Å². The number of piperazine rings is 1. The minimum atomic E-state index is -2.80. The van der Waals surface area contributed by atoms with Crippen LogP contribution in [0.25, 0.3) is 0 Å². The van der Waals surface area contributed by atoms with E-state index in [-0.39, 0.29) is 5.75 Å². The summed E-state index contributed by atoms with van der Waals surface area (Å²) in [5, 5.41) is 3.41. The van der Waals surface area contributed by atoms with Crippen LogP contribution in [0.2, 0.25) is 0 Å². The molecule has 0 saturated carbocycles. The highest BCUT2D eigenvalue weighted by Gasteiger charge is 2.14. The van der Waals surface area contributed by atoms with Crippen molar-refractivity contribution in [3.8, 4) is 5.75 Å². The highest BCUT2D eigenvalue weighted by Crippen LogP contribution is 2.15. The van der Waals surface area contributed by atoms with E-state index in [0.29, 0.717) is 6.54 Å². The largest absolute Gasteiger partial charge is 0.435 e. The predicted octanol–water partition coefficient (Wildman–Crippen LogP) is 2.71. The first-order chi connectivity index (χ1) is 14.0. The first-order valence-corrected chi connectivity index (χ1v) is 10.4. The van der Waals surface area contributed by atoms with E-state index in [4.69, 9.17) is 0 Å². The average molecular weight is 412 g/mol. The second-order valence-electron chi connectivity index (χ2n) is 7.34. The van der Waals surface area contributed by atoms with Crippen molar-refractivity contribution in [2.45, 2.75) is 32.9 Å². The summed E-state index contributed by atoms with van der Waals surface area (Å²) in [6.45, 7) is 7.96. The molecule has 8 heteroatoms. The third-order valence-corrected chi connectivity index (χ3v) is 5.24. The standard InChI is InChI=1S/C21H35F2N5O/c1-4-27-13-15-28(16-14-27)12-6-5-11-25-21(24-2)26(3)17-18-7-9-19(10-8-18)29-20(22)23/h7-10,20H,4-6,11-17H2,1-3H3,(H,24,25). The zero-order valence-corrected chi connectivity index (χ0v) is 17.9. The molecule has 0 atom stereocenters. The van der Waals surface area contributed by atoms with E-state index in [1.54, 1.807) is 31.3 Å². The Morgan fingerprint density at radius 1 is 1.14 bits per heavy atom. The molecule has 0 amide bonds. The molecule has 0 unspecified atom stereocenters. The average Bonchev–Trinajstić information content (AvgIpc) is 2.72. The Labute approximate surface area is 173 Å². The van der Waals surface area contributed by atoms with Crippen molar-refractivity contribution >= 4 is 5.96 Å². The van der Waals surface area contributed by atoms with Crippen LogP contribution < -0.4 is 10.1 Å². The van der Waals surface area contributed by atoms with Crippen molar-refractivity contribution in [2.24, 2.45) is 4.99 Å². The van der Waals surface area contributed by atoms with Crippen LogP contribution in [0.15, 0.2) is 29.3 Å². The molecule has 1 N–H and O–H groups in total.